The number of fused-ring (bicyclic) bond motifs is 1. The lowest BCUT2D eigenvalue weighted by Gasteiger charge is -2.13. The Morgan fingerprint density at radius 3 is 2.57 bits per heavy atom. The quantitative estimate of drug-likeness (QED) is 0.519. The highest BCUT2D eigenvalue weighted by molar-refractivity contribution is 7.98. The first-order chi connectivity index (χ1) is 13.7. The summed E-state index contributed by atoms with van der Waals surface area (Å²) in [5.74, 6) is 1.77. The van der Waals surface area contributed by atoms with Gasteiger partial charge in [-0.2, -0.15) is 11.8 Å². The van der Waals surface area contributed by atoms with E-state index in [1.807, 2.05) is 36.4 Å². The van der Waals surface area contributed by atoms with Crippen molar-refractivity contribution in [2.24, 2.45) is 5.92 Å². The van der Waals surface area contributed by atoms with Gasteiger partial charge in [-0.3, -0.25) is 9.59 Å². The number of hydrogen-bond donors (Lipinski definition) is 2. The van der Waals surface area contributed by atoms with E-state index in [1.54, 1.807) is 23.1 Å². The minimum atomic E-state index is -0.145. The molecular formula is C22H22N2O2S2. The monoisotopic (exact) mass is 410 g/mol. The Balaban J connectivity index is 1.42. The van der Waals surface area contributed by atoms with Crippen molar-refractivity contribution in [1.82, 2.24) is 5.32 Å². The number of thiophene rings is 1. The highest BCUT2D eigenvalue weighted by Gasteiger charge is 2.30. The number of hydrogen-bond acceptors (Lipinski definition) is 4. The normalized spacial score (nSPS) is 13.4. The molecule has 4 rings (SSSR count). The maximum absolute atomic E-state index is 12.8. The van der Waals surface area contributed by atoms with Gasteiger partial charge in [0.1, 0.15) is 0 Å². The van der Waals surface area contributed by atoms with Crippen LogP contribution in [-0.2, 0) is 10.5 Å². The average molecular weight is 411 g/mol. The molecule has 0 aliphatic heterocycles. The summed E-state index contributed by atoms with van der Waals surface area (Å²) in [6, 6.07) is 15.8. The number of nitrogens with one attached hydrogen (secondary N) is 2. The van der Waals surface area contributed by atoms with Gasteiger partial charge in [-0.05, 0) is 47.2 Å². The lowest BCUT2D eigenvalue weighted by molar-refractivity contribution is -0.117. The highest BCUT2D eigenvalue weighted by atomic mass is 32.2. The zero-order valence-corrected chi connectivity index (χ0v) is 17.1. The fourth-order valence-corrected chi connectivity index (χ4v) is 4.71. The zero-order chi connectivity index (χ0) is 19.3. The van der Waals surface area contributed by atoms with E-state index in [2.05, 4.69) is 28.1 Å². The first-order valence-corrected chi connectivity index (χ1v) is 11.5. The second kappa shape index (κ2) is 8.80. The third kappa shape index (κ3) is 4.75. The van der Waals surface area contributed by atoms with Gasteiger partial charge in [-0.1, -0.05) is 30.3 Å². The number of carbonyl (C=O) groups is 2. The average Bonchev–Trinajstić information content (AvgIpc) is 3.44. The van der Waals surface area contributed by atoms with Crippen LogP contribution in [0, 0.1) is 5.92 Å². The molecule has 0 atom stereocenters. The summed E-state index contributed by atoms with van der Waals surface area (Å²) in [6.45, 7) is 0.595. The van der Waals surface area contributed by atoms with E-state index in [1.165, 1.54) is 4.88 Å². The molecule has 0 unspecified atom stereocenters. The first kappa shape index (κ1) is 19.0. The molecule has 6 heteroatoms. The van der Waals surface area contributed by atoms with Crippen LogP contribution < -0.4 is 10.6 Å². The number of benzene rings is 2. The van der Waals surface area contributed by atoms with Crippen molar-refractivity contribution in [3.8, 4) is 0 Å². The summed E-state index contributed by atoms with van der Waals surface area (Å²) in [6.07, 6.45) is 1.87. The largest absolute Gasteiger partial charge is 0.351 e. The van der Waals surface area contributed by atoms with Crippen molar-refractivity contribution < 1.29 is 9.59 Å². The predicted molar refractivity (Wildman–Crippen MR) is 118 cm³/mol. The van der Waals surface area contributed by atoms with Gasteiger partial charge in [-0.25, -0.2) is 0 Å². The molecule has 0 spiro atoms. The van der Waals surface area contributed by atoms with Crippen LogP contribution in [0.1, 0.15) is 28.1 Å². The minimum absolute atomic E-state index is 0.0100. The lowest BCUT2D eigenvalue weighted by atomic mass is 10.0. The number of rotatable bonds is 8. The molecule has 2 N–H and O–H groups in total. The van der Waals surface area contributed by atoms with Gasteiger partial charge < -0.3 is 10.6 Å². The van der Waals surface area contributed by atoms with Crippen molar-refractivity contribution in [3.05, 3.63) is 64.4 Å². The maximum atomic E-state index is 12.8. The van der Waals surface area contributed by atoms with Crippen LogP contribution in [0.4, 0.5) is 5.69 Å². The molecule has 4 nitrogen and oxygen atoms in total. The van der Waals surface area contributed by atoms with E-state index in [4.69, 9.17) is 0 Å². The van der Waals surface area contributed by atoms with Crippen molar-refractivity contribution in [3.63, 3.8) is 0 Å². The van der Waals surface area contributed by atoms with Crippen LogP contribution in [0.2, 0.25) is 0 Å². The number of thioether (sulfide) groups is 1. The molecule has 0 saturated heterocycles. The lowest BCUT2D eigenvalue weighted by Crippen LogP contribution is -2.27. The van der Waals surface area contributed by atoms with E-state index < -0.39 is 0 Å². The van der Waals surface area contributed by atoms with Gasteiger partial charge in [-0.15, -0.1) is 11.3 Å². The molecule has 1 saturated carbocycles. The molecule has 1 aliphatic rings. The summed E-state index contributed by atoms with van der Waals surface area (Å²) in [4.78, 5) is 26.4. The summed E-state index contributed by atoms with van der Waals surface area (Å²) in [5, 5.41) is 10.0. The second-order valence-electron chi connectivity index (χ2n) is 6.90. The first-order valence-electron chi connectivity index (χ1n) is 9.43. The minimum Gasteiger partial charge on any atom is -0.351 e. The Labute approximate surface area is 172 Å². The van der Waals surface area contributed by atoms with Gasteiger partial charge in [0.2, 0.25) is 5.91 Å². The number of anilines is 1. The van der Waals surface area contributed by atoms with Gasteiger partial charge in [0.05, 0.1) is 11.3 Å². The molecule has 1 fully saturated rings. The molecule has 28 heavy (non-hydrogen) atoms. The molecule has 1 aromatic heterocycles. The molecule has 1 aliphatic carbocycles. The summed E-state index contributed by atoms with van der Waals surface area (Å²) in [7, 11) is 0. The van der Waals surface area contributed by atoms with Gasteiger partial charge in [0, 0.05) is 28.8 Å². The second-order valence-corrected chi connectivity index (χ2v) is 9.03. The molecule has 3 aromatic rings. The highest BCUT2D eigenvalue weighted by Crippen LogP contribution is 2.32. The molecule has 0 radical (unpaired) electrons. The van der Waals surface area contributed by atoms with E-state index in [0.717, 1.165) is 35.1 Å². The molecule has 0 bridgehead atoms. The standard InChI is InChI=1S/C22H22N2O2S2/c25-21(15-7-8-15)24-20-13-17-5-2-1-4-16(17)12-19(20)22(26)23-9-11-27-14-18-6-3-10-28-18/h1-6,10,12-13,15H,7-9,11,14H2,(H,23,26)(H,24,25). The van der Waals surface area contributed by atoms with Crippen LogP contribution >= 0.6 is 23.1 Å². The summed E-state index contributed by atoms with van der Waals surface area (Å²) >= 11 is 3.56. The Morgan fingerprint density at radius 2 is 1.86 bits per heavy atom. The summed E-state index contributed by atoms with van der Waals surface area (Å²) in [5.41, 5.74) is 1.12. The van der Waals surface area contributed by atoms with Crippen molar-refractivity contribution >= 4 is 51.4 Å². The Morgan fingerprint density at radius 1 is 1.07 bits per heavy atom. The smallest absolute Gasteiger partial charge is 0.253 e. The molecule has 2 aromatic carbocycles. The maximum Gasteiger partial charge on any atom is 0.253 e. The molecule has 2 amide bonds. The third-order valence-electron chi connectivity index (χ3n) is 4.69. The van der Waals surface area contributed by atoms with E-state index in [9.17, 15) is 9.59 Å². The van der Waals surface area contributed by atoms with Gasteiger partial charge in [0.25, 0.3) is 5.91 Å². The van der Waals surface area contributed by atoms with Crippen LogP contribution in [-0.4, -0.2) is 24.1 Å². The number of amides is 2. The predicted octanol–water partition coefficient (Wildman–Crippen LogP) is 4.91. The fraction of sp³-hybridized carbons (Fsp3) is 0.273. The topological polar surface area (TPSA) is 58.2 Å². The van der Waals surface area contributed by atoms with Crippen molar-refractivity contribution in [2.75, 3.05) is 17.6 Å². The van der Waals surface area contributed by atoms with Crippen molar-refractivity contribution in [1.29, 1.82) is 0 Å². The van der Waals surface area contributed by atoms with Crippen molar-refractivity contribution in [2.45, 2.75) is 18.6 Å². The molecular weight excluding hydrogens is 388 g/mol. The number of carbonyl (C=O) groups excluding carboxylic acids is 2. The zero-order valence-electron chi connectivity index (χ0n) is 15.4. The van der Waals surface area contributed by atoms with Gasteiger partial charge >= 0.3 is 0 Å². The Kier molecular flexibility index (Phi) is 5.98. The van der Waals surface area contributed by atoms with Crippen LogP contribution in [0.25, 0.3) is 10.8 Å². The van der Waals surface area contributed by atoms with Crippen LogP contribution in [0.15, 0.2) is 53.9 Å². The fourth-order valence-electron chi connectivity index (χ4n) is 3.01. The van der Waals surface area contributed by atoms with E-state index in [0.29, 0.717) is 17.8 Å². The van der Waals surface area contributed by atoms with Crippen LogP contribution in [0.5, 0.6) is 0 Å². The molecule has 144 valence electrons. The van der Waals surface area contributed by atoms with E-state index >= 15 is 0 Å². The van der Waals surface area contributed by atoms with Gasteiger partial charge in [0.15, 0.2) is 0 Å². The van der Waals surface area contributed by atoms with E-state index in [-0.39, 0.29) is 17.7 Å². The third-order valence-corrected chi connectivity index (χ3v) is 6.76. The Bertz CT molecular complexity index is 981. The molecule has 1 heterocycles. The summed E-state index contributed by atoms with van der Waals surface area (Å²) < 4.78 is 0. The SMILES string of the molecule is O=C(NCCSCc1cccs1)c1cc2ccccc2cc1NC(=O)C1CC1. The Hall–Kier alpha value is -2.31. The van der Waals surface area contributed by atoms with Crippen LogP contribution in [0.3, 0.4) is 0 Å².